The van der Waals surface area contributed by atoms with Crippen molar-refractivity contribution in [1.82, 2.24) is 20.2 Å². The van der Waals surface area contributed by atoms with Crippen LogP contribution in [0.1, 0.15) is 40.9 Å². The minimum Gasteiger partial charge on any atom is -0.496 e. The maximum atomic E-state index is 15.1. The highest BCUT2D eigenvalue weighted by molar-refractivity contribution is 6.31. The molecule has 2 unspecified atom stereocenters. The minimum atomic E-state index is -0.443. The average Bonchev–Trinajstić information content (AvgIpc) is 3.13. The second kappa shape index (κ2) is 11.5. The summed E-state index contributed by atoms with van der Waals surface area (Å²) in [4.78, 5) is 29.1. The van der Waals surface area contributed by atoms with E-state index in [4.69, 9.17) is 26.3 Å². The molecule has 1 fully saturated rings. The van der Waals surface area contributed by atoms with Gasteiger partial charge in [-0.2, -0.15) is 0 Å². The van der Waals surface area contributed by atoms with Crippen molar-refractivity contribution in [2.24, 2.45) is 4.99 Å². The zero-order chi connectivity index (χ0) is 29.4. The number of fused-ring (bicyclic) bond motifs is 3. The first kappa shape index (κ1) is 27.8. The van der Waals surface area contributed by atoms with Crippen LogP contribution in [-0.2, 0) is 6.54 Å². The van der Waals surface area contributed by atoms with Gasteiger partial charge in [-0.3, -0.25) is 9.79 Å². The van der Waals surface area contributed by atoms with Gasteiger partial charge in [-0.25, -0.2) is 14.4 Å². The number of aliphatic imine (C=N–C) groups is 1. The van der Waals surface area contributed by atoms with Crippen molar-refractivity contribution in [2.75, 3.05) is 25.5 Å². The van der Waals surface area contributed by atoms with Gasteiger partial charge in [-0.05, 0) is 62.4 Å². The molecule has 3 aromatic carbocycles. The molecule has 0 radical (unpaired) electrons. The average molecular weight is 585 g/mol. The Labute approximate surface area is 248 Å². The van der Waals surface area contributed by atoms with Crippen LogP contribution in [0.5, 0.6) is 5.75 Å². The molecule has 2 aliphatic rings. The molecule has 10 heteroatoms. The summed E-state index contributed by atoms with van der Waals surface area (Å²) in [6.45, 7) is 5.76. The third-order valence-corrected chi connectivity index (χ3v) is 7.66. The minimum absolute atomic E-state index is 0.0144. The number of hydrogen-bond donors (Lipinski definition) is 2. The molecule has 0 aliphatic carbocycles. The smallest absolute Gasteiger partial charge is 0.253 e. The first-order valence-electron chi connectivity index (χ1n) is 13.8. The molecule has 8 nitrogen and oxygen atoms in total. The molecule has 2 aliphatic heterocycles. The van der Waals surface area contributed by atoms with Gasteiger partial charge in [0.15, 0.2) is 0 Å². The van der Waals surface area contributed by atoms with Crippen molar-refractivity contribution >= 4 is 34.9 Å². The summed E-state index contributed by atoms with van der Waals surface area (Å²) < 4.78 is 20.6. The molecule has 2 N–H and O–H groups in total. The number of ether oxygens (including phenoxy) is 1. The second-order valence-corrected chi connectivity index (χ2v) is 11.1. The van der Waals surface area contributed by atoms with Crippen LogP contribution in [0.2, 0.25) is 5.02 Å². The van der Waals surface area contributed by atoms with E-state index in [0.717, 1.165) is 16.8 Å². The number of hydrogen-bond acceptors (Lipinski definition) is 7. The lowest BCUT2D eigenvalue weighted by Gasteiger charge is -2.36. The van der Waals surface area contributed by atoms with Gasteiger partial charge in [0.05, 0.1) is 30.6 Å². The number of carbonyl (C=O) groups is 1. The van der Waals surface area contributed by atoms with Gasteiger partial charge >= 0.3 is 0 Å². The van der Waals surface area contributed by atoms with E-state index in [1.807, 2.05) is 35.2 Å². The molecule has 1 aromatic heterocycles. The summed E-state index contributed by atoms with van der Waals surface area (Å²) >= 11 is 6.41. The Kier molecular flexibility index (Phi) is 7.62. The van der Waals surface area contributed by atoms with Crippen molar-refractivity contribution < 1.29 is 13.9 Å². The Balaban J connectivity index is 1.29. The van der Waals surface area contributed by atoms with E-state index in [2.05, 4.69) is 29.5 Å². The predicted molar refractivity (Wildman–Crippen MR) is 162 cm³/mol. The molecule has 0 spiro atoms. The lowest BCUT2D eigenvalue weighted by Crippen LogP contribution is -2.55. The van der Waals surface area contributed by atoms with Gasteiger partial charge in [-0.1, -0.05) is 23.7 Å². The highest BCUT2D eigenvalue weighted by Crippen LogP contribution is 2.36. The standard InChI is InChI=1S/C32H30ClFN6O2/c1-18-16-40(17-19(2)37-18)31(41)20-7-10-23(11-8-20)38-32-36-15-21-14-35-30(28-26(34)5-4-6-27(28)42-3)25-13-22(33)9-12-24(25)29(21)39-32/h4-13,15,18-19,37H,14,16-17H2,1-3H3,(H,36,38,39). The number of aromatic nitrogens is 2. The monoisotopic (exact) mass is 584 g/mol. The maximum absolute atomic E-state index is 15.1. The van der Waals surface area contributed by atoms with Gasteiger partial charge in [0, 0.05) is 64.3 Å². The first-order valence-corrected chi connectivity index (χ1v) is 14.1. The van der Waals surface area contributed by atoms with Crippen LogP contribution >= 0.6 is 11.6 Å². The zero-order valence-corrected chi connectivity index (χ0v) is 24.2. The number of carbonyl (C=O) groups excluding carboxylic acids is 1. The number of nitrogens with one attached hydrogen (secondary N) is 2. The number of piperazine rings is 1. The Morgan fingerprint density at radius 1 is 1.07 bits per heavy atom. The molecule has 0 bridgehead atoms. The normalized spacial score (nSPS) is 17.9. The summed E-state index contributed by atoms with van der Waals surface area (Å²) in [6, 6.07) is 17.9. The number of rotatable bonds is 5. The van der Waals surface area contributed by atoms with Crippen molar-refractivity contribution in [2.45, 2.75) is 32.5 Å². The van der Waals surface area contributed by atoms with Gasteiger partial charge < -0.3 is 20.3 Å². The van der Waals surface area contributed by atoms with Crippen LogP contribution < -0.4 is 15.4 Å². The Morgan fingerprint density at radius 3 is 2.57 bits per heavy atom. The van der Waals surface area contributed by atoms with Gasteiger partial charge in [-0.15, -0.1) is 0 Å². The first-order chi connectivity index (χ1) is 20.3. The molecular formula is C32H30ClFN6O2. The Bertz CT molecular complexity index is 1680. The molecule has 2 atom stereocenters. The highest BCUT2D eigenvalue weighted by atomic mass is 35.5. The van der Waals surface area contributed by atoms with Crippen LogP contribution in [0.25, 0.3) is 11.3 Å². The third-order valence-electron chi connectivity index (χ3n) is 7.43. The molecule has 1 saturated heterocycles. The summed E-state index contributed by atoms with van der Waals surface area (Å²) in [5.74, 6) is 0.328. The van der Waals surface area contributed by atoms with Crippen LogP contribution in [0.4, 0.5) is 16.0 Å². The summed E-state index contributed by atoms with van der Waals surface area (Å²) in [5, 5.41) is 7.19. The highest BCUT2D eigenvalue weighted by Gasteiger charge is 2.27. The predicted octanol–water partition coefficient (Wildman–Crippen LogP) is 5.86. The van der Waals surface area contributed by atoms with Crippen LogP contribution in [0.3, 0.4) is 0 Å². The van der Waals surface area contributed by atoms with E-state index in [0.29, 0.717) is 52.3 Å². The zero-order valence-electron chi connectivity index (χ0n) is 23.5. The van der Waals surface area contributed by atoms with Crippen molar-refractivity contribution in [3.8, 4) is 17.0 Å². The SMILES string of the molecule is COc1cccc(F)c1C1=NCc2cnc(Nc3ccc(C(=O)N4CC(C)NC(C)C4)cc3)nc2-c2ccc(Cl)cc21. The van der Waals surface area contributed by atoms with E-state index < -0.39 is 5.82 Å². The van der Waals surface area contributed by atoms with Crippen molar-refractivity contribution in [3.63, 3.8) is 0 Å². The van der Waals surface area contributed by atoms with Gasteiger partial charge in [0.1, 0.15) is 11.6 Å². The number of methoxy groups -OCH3 is 1. The molecular weight excluding hydrogens is 555 g/mol. The van der Waals surface area contributed by atoms with E-state index in [1.54, 1.807) is 30.5 Å². The molecule has 214 valence electrons. The van der Waals surface area contributed by atoms with E-state index in [1.165, 1.54) is 13.2 Å². The van der Waals surface area contributed by atoms with Gasteiger partial charge in [0.2, 0.25) is 5.95 Å². The van der Waals surface area contributed by atoms with Crippen LogP contribution in [0.15, 0.2) is 71.9 Å². The summed E-state index contributed by atoms with van der Waals surface area (Å²) in [7, 11) is 1.50. The second-order valence-electron chi connectivity index (χ2n) is 10.6. The fourth-order valence-corrected chi connectivity index (χ4v) is 5.77. The molecule has 0 saturated carbocycles. The molecule has 3 heterocycles. The Hall–Kier alpha value is -4.34. The fraction of sp³-hybridized carbons (Fsp3) is 0.250. The van der Waals surface area contributed by atoms with E-state index >= 15 is 4.39 Å². The number of nitrogens with zero attached hydrogens (tertiary/aromatic N) is 4. The quantitative estimate of drug-likeness (QED) is 0.305. The number of amides is 1. The summed E-state index contributed by atoms with van der Waals surface area (Å²) in [6.07, 6.45) is 1.72. The summed E-state index contributed by atoms with van der Waals surface area (Å²) in [5.41, 5.74) is 4.92. The van der Waals surface area contributed by atoms with Gasteiger partial charge in [0.25, 0.3) is 5.91 Å². The molecule has 6 rings (SSSR count). The van der Waals surface area contributed by atoms with Crippen molar-refractivity contribution in [1.29, 1.82) is 0 Å². The maximum Gasteiger partial charge on any atom is 0.253 e. The van der Waals surface area contributed by atoms with E-state index in [-0.39, 0.29) is 30.1 Å². The number of benzene rings is 3. The largest absolute Gasteiger partial charge is 0.496 e. The molecule has 4 aromatic rings. The molecule has 42 heavy (non-hydrogen) atoms. The lowest BCUT2D eigenvalue weighted by atomic mass is 9.94. The lowest BCUT2D eigenvalue weighted by molar-refractivity contribution is 0.0674. The fourth-order valence-electron chi connectivity index (χ4n) is 5.60. The van der Waals surface area contributed by atoms with Crippen LogP contribution in [-0.4, -0.2) is 58.8 Å². The van der Waals surface area contributed by atoms with Crippen molar-refractivity contribution in [3.05, 3.63) is 100.0 Å². The Morgan fingerprint density at radius 2 is 1.83 bits per heavy atom. The topological polar surface area (TPSA) is 91.7 Å². The van der Waals surface area contributed by atoms with Crippen LogP contribution in [0, 0.1) is 5.82 Å². The number of halogens is 2. The number of anilines is 2. The van der Waals surface area contributed by atoms with E-state index in [9.17, 15) is 4.79 Å². The third kappa shape index (κ3) is 5.45. The molecule has 1 amide bonds.